The van der Waals surface area contributed by atoms with Gasteiger partial charge in [0.15, 0.2) is 6.10 Å². The first-order valence-electron chi connectivity index (χ1n) is 6.52. The SMILES string of the molecule is Cc1ccc(O[C@H](C)C(=O)NNC(=O)/C=C/C(=O)[O-])cc1C. The fourth-order valence-corrected chi connectivity index (χ4v) is 1.46. The molecule has 0 spiro atoms. The third-order valence-corrected chi connectivity index (χ3v) is 2.84. The molecule has 0 fully saturated rings. The molecule has 0 heterocycles. The van der Waals surface area contributed by atoms with E-state index in [0.29, 0.717) is 11.8 Å². The molecule has 0 aliphatic rings. The summed E-state index contributed by atoms with van der Waals surface area (Å²) < 4.78 is 5.46. The Balaban J connectivity index is 2.49. The van der Waals surface area contributed by atoms with E-state index in [0.717, 1.165) is 17.2 Å². The number of nitrogens with one attached hydrogen (secondary N) is 2. The lowest BCUT2D eigenvalue weighted by Gasteiger charge is -2.15. The lowest BCUT2D eigenvalue weighted by Crippen LogP contribution is -2.46. The van der Waals surface area contributed by atoms with E-state index in [4.69, 9.17) is 4.74 Å². The number of ether oxygens (including phenoxy) is 1. The van der Waals surface area contributed by atoms with Crippen LogP contribution in [0.25, 0.3) is 0 Å². The third-order valence-electron chi connectivity index (χ3n) is 2.84. The van der Waals surface area contributed by atoms with E-state index in [2.05, 4.69) is 5.43 Å². The summed E-state index contributed by atoms with van der Waals surface area (Å²) in [6, 6.07) is 5.43. The first-order chi connectivity index (χ1) is 10.3. The van der Waals surface area contributed by atoms with E-state index >= 15 is 0 Å². The van der Waals surface area contributed by atoms with Gasteiger partial charge in [-0.1, -0.05) is 6.07 Å². The lowest BCUT2D eigenvalue weighted by molar-refractivity contribution is -0.297. The second-order valence-corrected chi connectivity index (χ2v) is 4.64. The summed E-state index contributed by atoms with van der Waals surface area (Å²) in [4.78, 5) is 33.0. The van der Waals surface area contributed by atoms with E-state index in [9.17, 15) is 19.5 Å². The molecule has 1 atom stereocenters. The molecular weight excluding hydrogens is 288 g/mol. The summed E-state index contributed by atoms with van der Waals surface area (Å²) in [5.41, 5.74) is 6.29. The molecule has 22 heavy (non-hydrogen) atoms. The fraction of sp³-hybridized carbons (Fsp3) is 0.267. The van der Waals surface area contributed by atoms with Gasteiger partial charge in [0.1, 0.15) is 5.75 Å². The maximum atomic E-state index is 11.7. The maximum absolute atomic E-state index is 11.7. The third kappa shape index (κ3) is 5.66. The van der Waals surface area contributed by atoms with Crippen molar-refractivity contribution in [3.05, 3.63) is 41.5 Å². The van der Waals surface area contributed by atoms with Crippen molar-refractivity contribution < 1.29 is 24.2 Å². The van der Waals surface area contributed by atoms with Gasteiger partial charge in [-0.25, -0.2) is 0 Å². The summed E-state index contributed by atoms with van der Waals surface area (Å²) in [5.74, 6) is -2.34. The summed E-state index contributed by atoms with van der Waals surface area (Å²) in [5, 5.41) is 10.1. The summed E-state index contributed by atoms with van der Waals surface area (Å²) in [6.07, 6.45) is 0.438. The van der Waals surface area contributed by atoms with Gasteiger partial charge < -0.3 is 14.6 Å². The number of aliphatic carboxylic acids is 1. The van der Waals surface area contributed by atoms with E-state index in [1.165, 1.54) is 6.92 Å². The van der Waals surface area contributed by atoms with Gasteiger partial charge in [-0.05, 0) is 50.1 Å². The van der Waals surface area contributed by atoms with Gasteiger partial charge in [0, 0.05) is 6.08 Å². The number of hydrazine groups is 1. The van der Waals surface area contributed by atoms with Crippen LogP contribution in [0.3, 0.4) is 0 Å². The minimum Gasteiger partial charge on any atom is -0.545 e. The zero-order valence-corrected chi connectivity index (χ0v) is 12.5. The van der Waals surface area contributed by atoms with Crippen molar-refractivity contribution in [3.63, 3.8) is 0 Å². The van der Waals surface area contributed by atoms with Crippen molar-refractivity contribution in [2.45, 2.75) is 26.9 Å². The van der Waals surface area contributed by atoms with Crippen LogP contribution >= 0.6 is 0 Å². The van der Waals surface area contributed by atoms with Gasteiger partial charge in [0.05, 0.1) is 5.97 Å². The predicted octanol–water partition coefficient (Wildman–Crippen LogP) is -0.476. The van der Waals surface area contributed by atoms with Crippen molar-refractivity contribution in [2.75, 3.05) is 0 Å². The Morgan fingerprint density at radius 3 is 2.41 bits per heavy atom. The topological polar surface area (TPSA) is 108 Å². The number of hydrogen-bond acceptors (Lipinski definition) is 5. The molecule has 1 aromatic rings. The van der Waals surface area contributed by atoms with E-state index in [1.54, 1.807) is 12.1 Å². The van der Waals surface area contributed by atoms with Crippen LogP contribution in [-0.4, -0.2) is 23.9 Å². The maximum Gasteiger partial charge on any atom is 0.279 e. The first-order valence-corrected chi connectivity index (χ1v) is 6.52. The van der Waals surface area contributed by atoms with Crippen LogP contribution in [0.4, 0.5) is 0 Å². The molecule has 2 N–H and O–H groups in total. The van der Waals surface area contributed by atoms with Gasteiger partial charge in [-0.2, -0.15) is 0 Å². The largest absolute Gasteiger partial charge is 0.545 e. The number of carbonyl (C=O) groups is 3. The highest BCUT2D eigenvalue weighted by atomic mass is 16.5. The molecule has 0 bridgehead atoms. The second kappa shape index (κ2) is 7.82. The molecule has 0 saturated heterocycles. The van der Waals surface area contributed by atoms with Crippen LogP contribution in [0.2, 0.25) is 0 Å². The van der Waals surface area contributed by atoms with Crippen molar-refractivity contribution in [3.8, 4) is 5.75 Å². The van der Waals surface area contributed by atoms with Gasteiger partial charge in [0.2, 0.25) is 0 Å². The molecule has 7 heteroatoms. The van der Waals surface area contributed by atoms with Gasteiger partial charge >= 0.3 is 0 Å². The molecule has 0 aliphatic heterocycles. The lowest BCUT2D eigenvalue weighted by atomic mass is 10.1. The van der Waals surface area contributed by atoms with Crippen LogP contribution in [0, 0.1) is 13.8 Å². The van der Waals surface area contributed by atoms with Crippen LogP contribution in [0.5, 0.6) is 5.75 Å². The highest BCUT2D eigenvalue weighted by molar-refractivity contribution is 5.94. The minimum atomic E-state index is -1.51. The van der Waals surface area contributed by atoms with Gasteiger partial charge in [-0.15, -0.1) is 0 Å². The van der Waals surface area contributed by atoms with Crippen molar-refractivity contribution in [1.29, 1.82) is 0 Å². The predicted molar refractivity (Wildman–Crippen MR) is 76.4 cm³/mol. The number of rotatable bonds is 5. The standard InChI is InChI=1S/C15H18N2O5/c1-9-4-5-12(8-10(9)2)22-11(3)15(21)17-16-13(18)6-7-14(19)20/h4-8,11H,1-3H3,(H,16,18)(H,17,21)(H,19,20)/p-1/b7-6+/t11-/m1/s1. The monoisotopic (exact) mass is 305 g/mol. The number of amides is 2. The molecule has 118 valence electrons. The van der Waals surface area contributed by atoms with Crippen molar-refractivity contribution >= 4 is 17.8 Å². The molecule has 1 aromatic carbocycles. The molecule has 0 aromatic heterocycles. The Hall–Kier alpha value is -2.83. The summed E-state index contributed by atoms with van der Waals surface area (Å²) in [6.45, 7) is 5.41. The first kappa shape index (κ1) is 17.2. The molecule has 0 saturated carbocycles. The summed E-state index contributed by atoms with van der Waals surface area (Å²) in [7, 11) is 0. The van der Waals surface area contributed by atoms with Crippen LogP contribution in [0.15, 0.2) is 30.4 Å². The number of carboxylic acid groups (broad SMARTS) is 1. The van der Waals surface area contributed by atoms with E-state index in [1.807, 2.05) is 25.3 Å². The Bertz CT molecular complexity index is 610. The number of benzene rings is 1. The van der Waals surface area contributed by atoms with E-state index < -0.39 is 23.9 Å². The minimum absolute atomic E-state index is 0.536. The smallest absolute Gasteiger partial charge is 0.279 e. The Morgan fingerprint density at radius 2 is 1.82 bits per heavy atom. The highest BCUT2D eigenvalue weighted by Crippen LogP contribution is 2.17. The number of aryl methyl sites for hydroxylation is 2. The van der Waals surface area contributed by atoms with Crippen LogP contribution in [0.1, 0.15) is 18.1 Å². The van der Waals surface area contributed by atoms with Gasteiger partial charge in [0.25, 0.3) is 11.8 Å². The Kier molecular flexibility index (Phi) is 6.12. The highest BCUT2D eigenvalue weighted by Gasteiger charge is 2.15. The average molecular weight is 305 g/mol. The fourth-order valence-electron chi connectivity index (χ4n) is 1.46. The van der Waals surface area contributed by atoms with Gasteiger partial charge in [-0.3, -0.25) is 20.4 Å². The molecule has 0 aliphatic carbocycles. The molecular formula is C15H17N2O5-. The van der Waals surface area contributed by atoms with Crippen LogP contribution < -0.4 is 20.7 Å². The number of carboxylic acids is 1. The zero-order chi connectivity index (χ0) is 16.7. The molecule has 0 radical (unpaired) electrons. The zero-order valence-electron chi connectivity index (χ0n) is 12.5. The number of carbonyl (C=O) groups excluding carboxylic acids is 3. The van der Waals surface area contributed by atoms with E-state index in [-0.39, 0.29) is 0 Å². The van der Waals surface area contributed by atoms with Crippen molar-refractivity contribution in [2.24, 2.45) is 0 Å². The van der Waals surface area contributed by atoms with Crippen molar-refractivity contribution in [1.82, 2.24) is 10.9 Å². The molecule has 1 rings (SSSR count). The van der Waals surface area contributed by atoms with Crippen LogP contribution in [-0.2, 0) is 14.4 Å². The Labute approximate surface area is 127 Å². The average Bonchev–Trinajstić information content (AvgIpc) is 2.46. The normalized spacial score (nSPS) is 11.8. The second-order valence-electron chi connectivity index (χ2n) is 4.64. The quantitative estimate of drug-likeness (QED) is 0.564. The summed E-state index contributed by atoms with van der Waals surface area (Å²) >= 11 is 0. The molecule has 7 nitrogen and oxygen atoms in total. The molecule has 0 unspecified atom stereocenters. The number of hydrogen-bond donors (Lipinski definition) is 2. The Morgan fingerprint density at radius 1 is 1.14 bits per heavy atom. The molecule has 2 amide bonds.